The van der Waals surface area contributed by atoms with Crippen LogP contribution in [0, 0.1) is 0 Å². The lowest BCUT2D eigenvalue weighted by Crippen LogP contribution is -2.27. The summed E-state index contributed by atoms with van der Waals surface area (Å²) in [6, 6.07) is 8.06. The van der Waals surface area contributed by atoms with Crippen LogP contribution in [0.4, 0.5) is 5.69 Å². The zero-order valence-corrected chi connectivity index (χ0v) is 12.1. The molecule has 1 saturated heterocycles. The number of amides is 1. The van der Waals surface area contributed by atoms with E-state index in [1.807, 2.05) is 24.1 Å². The number of hydrogen-bond acceptors (Lipinski definition) is 2. The Bertz CT molecular complexity index is 407. The zero-order chi connectivity index (χ0) is 13.7. The summed E-state index contributed by atoms with van der Waals surface area (Å²) in [5, 5.41) is 0. The van der Waals surface area contributed by atoms with Crippen molar-refractivity contribution in [2.45, 2.75) is 32.6 Å². The summed E-state index contributed by atoms with van der Waals surface area (Å²) in [7, 11) is 1.88. The summed E-state index contributed by atoms with van der Waals surface area (Å²) in [6.07, 6.45) is 4.74. The van der Waals surface area contributed by atoms with Crippen LogP contribution in [-0.2, 0) is 0 Å². The van der Waals surface area contributed by atoms with Gasteiger partial charge in [-0.15, -0.1) is 0 Å². The van der Waals surface area contributed by atoms with E-state index >= 15 is 0 Å². The first-order valence-electron chi connectivity index (χ1n) is 7.33. The maximum atomic E-state index is 12.2. The number of carbonyl (C=O) groups excluding carboxylic acids is 1. The molecule has 0 unspecified atom stereocenters. The SMILES string of the molecule is CCCCN(C)C(=O)c1ccc(N2CCCC2)cc1. The topological polar surface area (TPSA) is 23.6 Å². The van der Waals surface area contributed by atoms with Gasteiger partial charge in [-0.05, 0) is 43.5 Å². The molecule has 1 aromatic carbocycles. The number of hydrogen-bond donors (Lipinski definition) is 0. The minimum absolute atomic E-state index is 0.126. The molecule has 0 saturated carbocycles. The summed E-state index contributed by atoms with van der Waals surface area (Å²) >= 11 is 0. The van der Waals surface area contributed by atoms with Crippen LogP contribution in [0.2, 0.25) is 0 Å². The lowest BCUT2D eigenvalue weighted by Gasteiger charge is -2.19. The van der Waals surface area contributed by atoms with Gasteiger partial charge in [0.25, 0.3) is 5.91 Å². The Hall–Kier alpha value is -1.51. The fourth-order valence-electron chi connectivity index (χ4n) is 2.51. The van der Waals surface area contributed by atoms with Crippen molar-refractivity contribution in [1.29, 1.82) is 0 Å². The molecule has 1 amide bonds. The van der Waals surface area contributed by atoms with Crippen molar-refractivity contribution in [2.75, 3.05) is 31.6 Å². The van der Waals surface area contributed by atoms with Crippen LogP contribution in [0.15, 0.2) is 24.3 Å². The minimum atomic E-state index is 0.126. The van der Waals surface area contributed by atoms with E-state index in [1.165, 1.54) is 18.5 Å². The van der Waals surface area contributed by atoms with Crippen molar-refractivity contribution < 1.29 is 4.79 Å². The molecule has 2 rings (SSSR count). The first-order chi connectivity index (χ1) is 9.22. The smallest absolute Gasteiger partial charge is 0.253 e. The molecular weight excluding hydrogens is 236 g/mol. The van der Waals surface area contributed by atoms with Crippen LogP contribution in [0.3, 0.4) is 0 Å². The second-order valence-corrected chi connectivity index (χ2v) is 5.32. The van der Waals surface area contributed by atoms with Crippen molar-refractivity contribution in [3.63, 3.8) is 0 Å². The Kier molecular flexibility index (Phi) is 4.83. The molecule has 0 spiro atoms. The highest BCUT2D eigenvalue weighted by Crippen LogP contribution is 2.20. The molecule has 0 aromatic heterocycles. The van der Waals surface area contributed by atoms with Crippen LogP contribution in [0.1, 0.15) is 43.0 Å². The van der Waals surface area contributed by atoms with Crippen LogP contribution in [0.25, 0.3) is 0 Å². The van der Waals surface area contributed by atoms with Crippen molar-refractivity contribution >= 4 is 11.6 Å². The molecule has 1 aromatic rings. The van der Waals surface area contributed by atoms with Gasteiger partial charge >= 0.3 is 0 Å². The van der Waals surface area contributed by atoms with E-state index in [9.17, 15) is 4.79 Å². The van der Waals surface area contributed by atoms with Crippen molar-refractivity contribution in [2.24, 2.45) is 0 Å². The Morgan fingerprint density at radius 3 is 2.42 bits per heavy atom. The van der Waals surface area contributed by atoms with Gasteiger partial charge in [0, 0.05) is 37.9 Å². The third-order valence-corrected chi connectivity index (χ3v) is 3.78. The van der Waals surface area contributed by atoms with Gasteiger partial charge in [-0.1, -0.05) is 13.3 Å². The summed E-state index contributed by atoms with van der Waals surface area (Å²) in [4.78, 5) is 16.4. The zero-order valence-electron chi connectivity index (χ0n) is 12.1. The predicted molar refractivity (Wildman–Crippen MR) is 79.8 cm³/mol. The van der Waals surface area contributed by atoms with E-state index in [0.717, 1.165) is 38.0 Å². The maximum Gasteiger partial charge on any atom is 0.253 e. The number of carbonyl (C=O) groups is 1. The van der Waals surface area contributed by atoms with Gasteiger partial charge in [-0.2, -0.15) is 0 Å². The van der Waals surface area contributed by atoms with Crippen molar-refractivity contribution in [3.05, 3.63) is 29.8 Å². The molecule has 1 aliphatic heterocycles. The van der Waals surface area contributed by atoms with Crippen molar-refractivity contribution in [3.8, 4) is 0 Å². The molecule has 1 aliphatic rings. The fraction of sp³-hybridized carbons (Fsp3) is 0.562. The second-order valence-electron chi connectivity index (χ2n) is 5.32. The molecule has 3 heteroatoms. The summed E-state index contributed by atoms with van der Waals surface area (Å²) in [5.74, 6) is 0.126. The largest absolute Gasteiger partial charge is 0.372 e. The predicted octanol–water partition coefficient (Wildman–Crippen LogP) is 3.16. The highest BCUT2D eigenvalue weighted by atomic mass is 16.2. The van der Waals surface area contributed by atoms with Gasteiger partial charge in [0.2, 0.25) is 0 Å². The third-order valence-electron chi connectivity index (χ3n) is 3.78. The molecule has 0 aliphatic carbocycles. The van der Waals surface area contributed by atoms with E-state index in [1.54, 1.807) is 0 Å². The summed E-state index contributed by atoms with van der Waals surface area (Å²) in [5.41, 5.74) is 2.03. The molecule has 1 heterocycles. The molecule has 0 atom stereocenters. The van der Waals surface area contributed by atoms with Crippen LogP contribution < -0.4 is 4.90 Å². The highest BCUT2D eigenvalue weighted by Gasteiger charge is 2.14. The Morgan fingerprint density at radius 2 is 1.84 bits per heavy atom. The number of nitrogens with zero attached hydrogens (tertiary/aromatic N) is 2. The first-order valence-corrected chi connectivity index (χ1v) is 7.33. The van der Waals surface area contributed by atoms with E-state index in [-0.39, 0.29) is 5.91 Å². The maximum absolute atomic E-state index is 12.2. The van der Waals surface area contributed by atoms with Crippen LogP contribution in [-0.4, -0.2) is 37.5 Å². The Labute approximate surface area is 116 Å². The minimum Gasteiger partial charge on any atom is -0.372 e. The standard InChI is InChI=1S/C16H24N2O/c1-3-4-11-17(2)16(19)14-7-9-15(10-8-14)18-12-5-6-13-18/h7-10H,3-6,11-13H2,1-2H3. The lowest BCUT2D eigenvalue weighted by atomic mass is 10.1. The molecule has 3 nitrogen and oxygen atoms in total. The van der Waals surface area contributed by atoms with Gasteiger partial charge < -0.3 is 9.80 Å². The molecule has 0 N–H and O–H groups in total. The van der Waals surface area contributed by atoms with Gasteiger partial charge in [0.1, 0.15) is 0 Å². The van der Waals surface area contributed by atoms with Crippen LogP contribution in [0.5, 0.6) is 0 Å². The summed E-state index contributed by atoms with van der Waals surface area (Å²) < 4.78 is 0. The van der Waals surface area contributed by atoms with E-state index < -0.39 is 0 Å². The fourth-order valence-corrected chi connectivity index (χ4v) is 2.51. The lowest BCUT2D eigenvalue weighted by molar-refractivity contribution is 0.0793. The van der Waals surface area contributed by atoms with E-state index in [0.29, 0.717) is 0 Å². The quantitative estimate of drug-likeness (QED) is 0.812. The molecule has 1 fully saturated rings. The van der Waals surface area contributed by atoms with Gasteiger partial charge in [-0.25, -0.2) is 0 Å². The number of unbranched alkanes of at least 4 members (excludes halogenated alkanes) is 1. The summed E-state index contributed by atoms with van der Waals surface area (Å²) in [6.45, 7) is 5.26. The molecular formula is C16H24N2O. The highest BCUT2D eigenvalue weighted by molar-refractivity contribution is 5.94. The number of rotatable bonds is 5. The Balaban J connectivity index is 1.99. The average molecular weight is 260 g/mol. The average Bonchev–Trinajstić information content (AvgIpc) is 2.98. The van der Waals surface area contributed by atoms with Gasteiger partial charge in [0.15, 0.2) is 0 Å². The Morgan fingerprint density at radius 1 is 1.21 bits per heavy atom. The van der Waals surface area contributed by atoms with Crippen molar-refractivity contribution in [1.82, 2.24) is 4.90 Å². The molecule has 0 bridgehead atoms. The van der Waals surface area contributed by atoms with Gasteiger partial charge in [-0.3, -0.25) is 4.79 Å². The van der Waals surface area contributed by atoms with Crippen LogP contribution >= 0.6 is 0 Å². The molecule has 19 heavy (non-hydrogen) atoms. The second kappa shape index (κ2) is 6.60. The number of anilines is 1. The van der Waals surface area contributed by atoms with E-state index in [4.69, 9.17) is 0 Å². The number of benzene rings is 1. The monoisotopic (exact) mass is 260 g/mol. The van der Waals surface area contributed by atoms with E-state index in [2.05, 4.69) is 24.0 Å². The third kappa shape index (κ3) is 3.49. The molecule has 0 radical (unpaired) electrons. The first kappa shape index (κ1) is 13.9. The van der Waals surface area contributed by atoms with Gasteiger partial charge in [0.05, 0.1) is 0 Å². The molecule has 104 valence electrons. The normalized spacial score (nSPS) is 14.7.